The van der Waals surface area contributed by atoms with Gasteiger partial charge in [0, 0.05) is 19.3 Å². The normalized spacial score (nSPS) is 50.2. The second-order valence-corrected chi connectivity index (χ2v) is 8.79. The van der Waals surface area contributed by atoms with Crippen LogP contribution in [0.3, 0.4) is 0 Å². The molecule has 4 aliphatic carbocycles. The summed E-state index contributed by atoms with van der Waals surface area (Å²) < 4.78 is 0. The number of carbonyl (C=O) groups excluding carboxylic acids is 2. The van der Waals surface area contributed by atoms with E-state index in [9.17, 15) is 9.59 Å². The van der Waals surface area contributed by atoms with Gasteiger partial charge in [0.2, 0.25) is 0 Å². The number of hydrogen-bond acceptors (Lipinski definition) is 2. The highest BCUT2D eigenvalue weighted by Gasteiger charge is 2.63. The van der Waals surface area contributed by atoms with Gasteiger partial charge in [0.15, 0.2) is 5.78 Å². The summed E-state index contributed by atoms with van der Waals surface area (Å²) in [5, 5.41) is 0. The maximum absolute atomic E-state index is 12.2. The van der Waals surface area contributed by atoms with Gasteiger partial charge in [-0.25, -0.2) is 0 Å². The summed E-state index contributed by atoms with van der Waals surface area (Å²) in [6, 6.07) is 0. The van der Waals surface area contributed by atoms with E-state index in [1.807, 2.05) is 6.08 Å². The Morgan fingerprint density at radius 2 is 1.77 bits per heavy atom. The third-order valence-electron chi connectivity index (χ3n) is 7.71. The number of ketones is 2. The van der Waals surface area contributed by atoms with Crippen LogP contribution in [0.2, 0.25) is 0 Å². The molecule has 0 amide bonds. The molecular weight excluding hydrogens is 272 g/mol. The van der Waals surface area contributed by atoms with E-state index in [2.05, 4.69) is 32.9 Å². The van der Waals surface area contributed by atoms with Crippen LogP contribution in [0.5, 0.6) is 0 Å². The van der Waals surface area contributed by atoms with Crippen LogP contribution in [0.1, 0.15) is 59.3 Å². The number of Topliss-reactive ketones (excluding diaryl/α,β-unsaturated/α-hetero) is 1. The second kappa shape index (κ2) is 4.21. The summed E-state index contributed by atoms with van der Waals surface area (Å²) in [6.07, 6.45) is 12.0. The summed E-state index contributed by atoms with van der Waals surface area (Å²) >= 11 is 0. The molecule has 0 bridgehead atoms. The predicted molar refractivity (Wildman–Crippen MR) is 86.2 cm³/mol. The van der Waals surface area contributed by atoms with Crippen molar-refractivity contribution in [3.05, 3.63) is 23.8 Å². The Balaban J connectivity index is 1.82. The topological polar surface area (TPSA) is 34.1 Å². The smallest absolute Gasteiger partial charge is 0.155 e. The van der Waals surface area contributed by atoms with Gasteiger partial charge in [-0.3, -0.25) is 9.59 Å². The molecule has 118 valence electrons. The summed E-state index contributed by atoms with van der Waals surface area (Å²) in [6.45, 7) is 7.02. The third kappa shape index (κ3) is 1.62. The summed E-state index contributed by atoms with van der Waals surface area (Å²) in [4.78, 5) is 24.0. The Morgan fingerprint density at radius 3 is 2.55 bits per heavy atom. The molecule has 0 aromatic heterocycles. The van der Waals surface area contributed by atoms with Crippen molar-refractivity contribution in [2.24, 2.45) is 28.1 Å². The standard InChI is InChI=1S/C20H26O2/c1-18-8-9-19(2)16-6-5-14(21)10-13(16)4-7-17(19)20(18,3)12-15(22)11-18/h8-10,16-17H,4-7,11-12H2,1-3H3/t16-,17-,18-,19+,20+/m1/s1. The summed E-state index contributed by atoms with van der Waals surface area (Å²) in [7, 11) is 0. The number of carbonyl (C=O) groups is 2. The molecule has 0 aliphatic heterocycles. The Morgan fingerprint density at radius 1 is 1.00 bits per heavy atom. The fourth-order valence-electron chi connectivity index (χ4n) is 6.33. The van der Waals surface area contributed by atoms with E-state index in [0.717, 1.165) is 25.7 Å². The highest BCUT2D eigenvalue weighted by Crippen LogP contribution is 2.69. The van der Waals surface area contributed by atoms with Crippen molar-refractivity contribution in [1.29, 1.82) is 0 Å². The number of fused-ring (bicyclic) bond motifs is 5. The molecule has 0 unspecified atom stereocenters. The van der Waals surface area contributed by atoms with Gasteiger partial charge in [-0.1, -0.05) is 38.5 Å². The van der Waals surface area contributed by atoms with E-state index >= 15 is 0 Å². The molecule has 2 fully saturated rings. The summed E-state index contributed by atoms with van der Waals surface area (Å²) in [5.41, 5.74) is 1.60. The third-order valence-corrected chi connectivity index (χ3v) is 7.71. The van der Waals surface area contributed by atoms with Gasteiger partial charge >= 0.3 is 0 Å². The lowest BCUT2D eigenvalue weighted by atomic mass is 9.43. The first-order valence-corrected chi connectivity index (χ1v) is 8.74. The van der Waals surface area contributed by atoms with Gasteiger partial charge in [-0.05, 0) is 53.4 Å². The van der Waals surface area contributed by atoms with Gasteiger partial charge < -0.3 is 0 Å². The second-order valence-electron chi connectivity index (χ2n) is 8.79. The monoisotopic (exact) mass is 298 g/mol. The molecule has 22 heavy (non-hydrogen) atoms. The van der Waals surface area contributed by atoms with E-state index in [1.165, 1.54) is 5.57 Å². The minimum atomic E-state index is 0.0277. The van der Waals surface area contributed by atoms with E-state index in [1.54, 1.807) is 0 Å². The Labute approximate surface area is 133 Å². The molecule has 0 radical (unpaired) electrons. The largest absolute Gasteiger partial charge is 0.300 e. The van der Waals surface area contributed by atoms with Gasteiger partial charge in [0.05, 0.1) is 0 Å². The molecule has 0 heterocycles. The Hall–Kier alpha value is -1.18. The molecule has 0 aromatic carbocycles. The molecule has 2 saturated carbocycles. The molecular formula is C20H26O2. The average molecular weight is 298 g/mol. The van der Waals surface area contributed by atoms with E-state index < -0.39 is 0 Å². The Bertz CT molecular complexity index is 628. The van der Waals surface area contributed by atoms with Gasteiger partial charge in [0.1, 0.15) is 5.78 Å². The first kappa shape index (κ1) is 14.4. The molecule has 0 spiro atoms. The maximum Gasteiger partial charge on any atom is 0.155 e. The SMILES string of the molecule is C[C@@]12C=C[C@]3(C)CC(=O)C[C@@]3(C)[C@@H]1CCC1=CC(=O)CC[C@H]12. The molecule has 0 N–H and O–H groups in total. The zero-order valence-corrected chi connectivity index (χ0v) is 13.9. The summed E-state index contributed by atoms with van der Waals surface area (Å²) in [5.74, 6) is 1.79. The lowest BCUT2D eigenvalue weighted by Gasteiger charge is -2.60. The van der Waals surface area contributed by atoms with E-state index in [0.29, 0.717) is 36.2 Å². The van der Waals surface area contributed by atoms with Crippen molar-refractivity contribution in [3.8, 4) is 0 Å². The van der Waals surface area contributed by atoms with Gasteiger partial charge in [-0.2, -0.15) is 0 Å². The van der Waals surface area contributed by atoms with Crippen LogP contribution >= 0.6 is 0 Å². The fraction of sp³-hybridized carbons (Fsp3) is 0.700. The van der Waals surface area contributed by atoms with Crippen molar-refractivity contribution in [1.82, 2.24) is 0 Å². The van der Waals surface area contributed by atoms with Crippen molar-refractivity contribution in [2.45, 2.75) is 59.3 Å². The van der Waals surface area contributed by atoms with Gasteiger partial charge in [0.25, 0.3) is 0 Å². The lowest BCUT2D eigenvalue weighted by Crippen LogP contribution is -2.53. The first-order chi connectivity index (χ1) is 10.3. The minimum Gasteiger partial charge on any atom is -0.300 e. The minimum absolute atomic E-state index is 0.0277. The van der Waals surface area contributed by atoms with Crippen LogP contribution in [-0.4, -0.2) is 11.6 Å². The first-order valence-electron chi connectivity index (χ1n) is 8.74. The van der Waals surface area contributed by atoms with Crippen LogP contribution < -0.4 is 0 Å². The number of hydrogen-bond donors (Lipinski definition) is 0. The number of allylic oxidation sites excluding steroid dienone is 4. The lowest BCUT2D eigenvalue weighted by molar-refractivity contribution is -0.118. The quantitative estimate of drug-likeness (QED) is 0.626. The molecule has 4 aliphatic rings. The van der Waals surface area contributed by atoms with E-state index in [4.69, 9.17) is 0 Å². The van der Waals surface area contributed by atoms with Crippen molar-refractivity contribution < 1.29 is 9.59 Å². The predicted octanol–water partition coefficient (Wildman–Crippen LogP) is 4.25. The highest BCUT2D eigenvalue weighted by molar-refractivity contribution is 5.91. The fourth-order valence-corrected chi connectivity index (χ4v) is 6.33. The molecule has 2 nitrogen and oxygen atoms in total. The zero-order valence-electron chi connectivity index (χ0n) is 13.9. The van der Waals surface area contributed by atoms with Gasteiger partial charge in [-0.15, -0.1) is 0 Å². The highest BCUT2D eigenvalue weighted by atomic mass is 16.1. The Kier molecular flexibility index (Phi) is 2.76. The van der Waals surface area contributed by atoms with Crippen LogP contribution in [-0.2, 0) is 9.59 Å². The molecule has 2 heteroatoms. The van der Waals surface area contributed by atoms with Crippen molar-refractivity contribution in [2.75, 3.05) is 0 Å². The van der Waals surface area contributed by atoms with Crippen LogP contribution in [0, 0.1) is 28.1 Å². The molecule has 0 saturated heterocycles. The average Bonchev–Trinajstić information content (AvgIpc) is 2.67. The zero-order chi connectivity index (χ0) is 15.8. The molecule has 5 atom stereocenters. The molecule has 4 rings (SSSR count). The van der Waals surface area contributed by atoms with Crippen LogP contribution in [0.15, 0.2) is 23.8 Å². The van der Waals surface area contributed by atoms with Crippen LogP contribution in [0.25, 0.3) is 0 Å². The van der Waals surface area contributed by atoms with Crippen molar-refractivity contribution >= 4 is 11.6 Å². The maximum atomic E-state index is 12.2. The van der Waals surface area contributed by atoms with Crippen molar-refractivity contribution in [3.63, 3.8) is 0 Å². The molecule has 0 aromatic rings. The van der Waals surface area contributed by atoms with E-state index in [-0.39, 0.29) is 16.2 Å². The van der Waals surface area contributed by atoms with Crippen LogP contribution in [0.4, 0.5) is 0 Å². The number of rotatable bonds is 0.